The molecular weight excluding hydrogens is 356 g/mol. The molecule has 0 saturated heterocycles. The number of hydrogen-bond acceptors (Lipinski definition) is 6. The number of anilines is 1. The molecule has 26 heavy (non-hydrogen) atoms. The Hall–Kier alpha value is -3.00. The first-order chi connectivity index (χ1) is 12.7. The molecule has 0 saturated carbocycles. The van der Waals surface area contributed by atoms with Gasteiger partial charge >= 0.3 is 0 Å². The van der Waals surface area contributed by atoms with Crippen molar-refractivity contribution in [3.05, 3.63) is 47.2 Å². The molecule has 3 heterocycles. The number of carbonyl (C=O) groups excluding carboxylic acids is 1. The van der Waals surface area contributed by atoms with Crippen LogP contribution in [0.15, 0.2) is 36.7 Å². The van der Waals surface area contributed by atoms with Crippen LogP contribution in [-0.4, -0.2) is 37.9 Å². The summed E-state index contributed by atoms with van der Waals surface area (Å²) in [4.78, 5) is 16.7. The monoisotopic (exact) mass is 370 g/mol. The molecule has 3 aromatic rings. The van der Waals surface area contributed by atoms with Crippen LogP contribution in [-0.2, 0) is 4.79 Å². The van der Waals surface area contributed by atoms with Crippen molar-refractivity contribution < 1.29 is 9.53 Å². The normalized spacial score (nSPS) is 15.8. The number of carbonyl (C=O) groups is 1. The Labute approximate surface area is 154 Å². The lowest BCUT2D eigenvalue weighted by Gasteiger charge is -2.25. The highest BCUT2D eigenvalue weighted by atomic mass is 35.5. The molecule has 4 rings (SSSR count). The van der Waals surface area contributed by atoms with Crippen molar-refractivity contribution in [1.82, 2.24) is 25.4 Å². The van der Waals surface area contributed by atoms with E-state index in [4.69, 9.17) is 16.3 Å². The first-order valence-corrected chi connectivity index (χ1v) is 8.48. The number of nitrogens with one attached hydrogen (secondary N) is 2. The standard InChI is InChI=1S/C17H15ClN6O2/c18-12-1-2-13-10(4-6-26-14(13)8-12)7-15(25)21-17-22-16(23-24-17)11-3-5-19-20-9-11/h1-3,5,8-10H,4,6-7H2,(H2,21,22,23,24,25). The molecule has 1 aliphatic heterocycles. The molecule has 2 N–H and O–H groups in total. The van der Waals surface area contributed by atoms with Gasteiger partial charge in [-0.25, -0.2) is 0 Å². The lowest BCUT2D eigenvalue weighted by Crippen LogP contribution is -2.21. The number of H-pyrrole nitrogens is 1. The van der Waals surface area contributed by atoms with Crippen LogP contribution in [0.25, 0.3) is 11.4 Å². The minimum Gasteiger partial charge on any atom is -0.493 e. The maximum atomic E-state index is 12.4. The largest absolute Gasteiger partial charge is 0.493 e. The van der Waals surface area contributed by atoms with E-state index >= 15 is 0 Å². The molecule has 1 amide bonds. The van der Waals surface area contributed by atoms with Crippen molar-refractivity contribution in [2.75, 3.05) is 11.9 Å². The van der Waals surface area contributed by atoms with Crippen LogP contribution >= 0.6 is 11.6 Å². The summed E-state index contributed by atoms with van der Waals surface area (Å²) in [5, 5.41) is 17.6. The smallest absolute Gasteiger partial charge is 0.249 e. The van der Waals surface area contributed by atoms with Gasteiger partial charge in [-0.15, -0.1) is 5.10 Å². The molecule has 0 bridgehead atoms. The molecule has 1 unspecified atom stereocenters. The van der Waals surface area contributed by atoms with Gasteiger partial charge in [0.1, 0.15) is 5.75 Å². The van der Waals surface area contributed by atoms with E-state index in [9.17, 15) is 4.79 Å². The Kier molecular flexibility index (Phi) is 4.49. The van der Waals surface area contributed by atoms with E-state index in [1.807, 2.05) is 12.1 Å². The summed E-state index contributed by atoms with van der Waals surface area (Å²) in [6.45, 7) is 0.561. The van der Waals surface area contributed by atoms with E-state index in [2.05, 4.69) is 30.7 Å². The van der Waals surface area contributed by atoms with E-state index in [-0.39, 0.29) is 17.8 Å². The molecule has 1 aromatic carbocycles. The average Bonchev–Trinajstić information content (AvgIpc) is 3.11. The third-order valence-corrected chi connectivity index (χ3v) is 4.40. The van der Waals surface area contributed by atoms with Crippen LogP contribution in [0.3, 0.4) is 0 Å². The molecule has 0 fully saturated rings. The number of rotatable bonds is 4. The van der Waals surface area contributed by atoms with Crippen LogP contribution in [0.5, 0.6) is 5.75 Å². The zero-order valence-electron chi connectivity index (χ0n) is 13.6. The predicted octanol–water partition coefficient (Wildman–Crippen LogP) is 2.81. The number of amides is 1. The van der Waals surface area contributed by atoms with Gasteiger partial charge in [-0.3, -0.25) is 15.2 Å². The summed E-state index contributed by atoms with van der Waals surface area (Å²) >= 11 is 6.00. The first kappa shape index (κ1) is 16.5. The van der Waals surface area contributed by atoms with E-state index in [0.29, 0.717) is 23.9 Å². The van der Waals surface area contributed by atoms with Crippen molar-refractivity contribution in [2.45, 2.75) is 18.8 Å². The molecule has 8 nitrogen and oxygen atoms in total. The molecule has 132 valence electrons. The van der Waals surface area contributed by atoms with E-state index in [1.165, 1.54) is 0 Å². The van der Waals surface area contributed by atoms with Crippen LogP contribution < -0.4 is 10.1 Å². The SMILES string of the molecule is O=C(CC1CCOc2cc(Cl)ccc21)Nc1n[nH]c(-c2ccnnc2)n1. The summed E-state index contributed by atoms with van der Waals surface area (Å²) in [5.74, 6) is 1.40. The van der Waals surface area contributed by atoms with Gasteiger partial charge in [0, 0.05) is 17.0 Å². The lowest BCUT2D eigenvalue weighted by atomic mass is 9.90. The molecule has 2 aromatic heterocycles. The van der Waals surface area contributed by atoms with Crippen molar-refractivity contribution in [3.63, 3.8) is 0 Å². The van der Waals surface area contributed by atoms with Gasteiger partial charge in [-0.05, 0) is 36.1 Å². The molecule has 0 spiro atoms. The number of aromatic nitrogens is 5. The maximum absolute atomic E-state index is 12.4. The van der Waals surface area contributed by atoms with Crippen LogP contribution in [0, 0.1) is 0 Å². The molecule has 0 radical (unpaired) electrons. The minimum absolute atomic E-state index is 0.0684. The quantitative estimate of drug-likeness (QED) is 0.731. The van der Waals surface area contributed by atoms with E-state index in [1.54, 1.807) is 24.5 Å². The van der Waals surface area contributed by atoms with Gasteiger partial charge < -0.3 is 4.74 Å². The molecule has 1 atom stereocenters. The number of nitrogens with zero attached hydrogens (tertiary/aromatic N) is 4. The van der Waals surface area contributed by atoms with Crippen LogP contribution in [0.2, 0.25) is 5.02 Å². The fraction of sp³-hybridized carbons (Fsp3) is 0.235. The van der Waals surface area contributed by atoms with Gasteiger partial charge in [-0.2, -0.15) is 15.2 Å². The highest BCUT2D eigenvalue weighted by Gasteiger charge is 2.24. The second-order valence-corrected chi connectivity index (χ2v) is 6.34. The second-order valence-electron chi connectivity index (χ2n) is 5.91. The van der Waals surface area contributed by atoms with Gasteiger partial charge in [0.2, 0.25) is 11.9 Å². The summed E-state index contributed by atoms with van der Waals surface area (Å²) < 4.78 is 5.63. The van der Waals surface area contributed by atoms with Crippen molar-refractivity contribution in [3.8, 4) is 17.1 Å². The Morgan fingerprint density at radius 2 is 2.27 bits per heavy atom. The number of hydrogen-bond donors (Lipinski definition) is 2. The van der Waals surface area contributed by atoms with Crippen molar-refractivity contribution >= 4 is 23.5 Å². The zero-order chi connectivity index (χ0) is 17.9. The lowest BCUT2D eigenvalue weighted by molar-refractivity contribution is -0.116. The molecule has 0 aliphatic carbocycles. The number of fused-ring (bicyclic) bond motifs is 1. The summed E-state index contributed by atoms with van der Waals surface area (Å²) in [5.41, 5.74) is 1.73. The van der Waals surface area contributed by atoms with E-state index < -0.39 is 0 Å². The maximum Gasteiger partial charge on any atom is 0.249 e. The van der Waals surface area contributed by atoms with Crippen molar-refractivity contribution in [1.29, 1.82) is 0 Å². The fourth-order valence-corrected chi connectivity index (χ4v) is 3.09. The average molecular weight is 371 g/mol. The molecular formula is C17H15ClN6O2. The highest BCUT2D eigenvalue weighted by molar-refractivity contribution is 6.30. The Balaban J connectivity index is 1.43. The Bertz CT molecular complexity index is 930. The summed E-state index contributed by atoms with van der Waals surface area (Å²) in [7, 11) is 0. The third kappa shape index (κ3) is 3.50. The van der Waals surface area contributed by atoms with E-state index in [0.717, 1.165) is 23.3 Å². The summed E-state index contributed by atoms with van der Waals surface area (Å²) in [6, 6.07) is 7.26. The fourth-order valence-electron chi connectivity index (χ4n) is 2.93. The van der Waals surface area contributed by atoms with Gasteiger partial charge in [-0.1, -0.05) is 17.7 Å². The predicted molar refractivity (Wildman–Crippen MR) is 95.0 cm³/mol. The number of aromatic amines is 1. The number of benzene rings is 1. The topological polar surface area (TPSA) is 106 Å². The third-order valence-electron chi connectivity index (χ3n) is 4.17. The molecule has 9 heteroatoms. The number of ether oxygens (including phenoxy) is 1. The van der Waals surface area contributed by atoms with Crippen LogP contribution in [0.4, 0.5) is 5.95 Å². The molecule has 1 aliphatic rings. The second kappa shape index (κ2) is 7.09. The Morgan fingerprint density at radius 1 is 1.35 bits per heavy atom. The van der Waals surface area contributed by atoms with Gasteiger partial charge in [0.15, 0.2) is 5.82 Å². The van der Waals surface area contributed by atoms with Crippen molar-refractivity contribution in [2.24, 2.45) is 0 Å². The highest BCUT2D eigenvalue weighted by Crippen LogP contribution is 2.37. The number of halogens is 1. The van der Waals surface area contributed by atoms with Gasteiger partial charge in [0.05, 0.1) is 19.0 Å². The van der Waals surface area contributed by atoms with Crippen LogP contribution in [0.1, 0.15) is 24.3 Å². The first-order valence-electron chi connectivity index (χ1n) is 8.10. The van der Waals surface area contributed by atoms with Gasteiger partial charge in [0.25, 0.3) is 0 Å². The zero-order valence-corrected chi connectivity index (χ0v) is 14.4. The summed E-state index contributed by atoms with van der Waals surface area (Å²) in [6.07, 6.45) is 4.21. The Morgan fingerprint density at radius 3 is 3.12 bits per heavy atom. The minimum atomic E-state index is -0.156.